The van der Waals surface area contributed by atoms with E-state index < -0.39 is 0 Å². The molecule has 1 saturated heterocycles. The van der Waals surface area contributed by atoms with Crippen molar-refractivity contribution in [2.24, 2.45) is 10.9 Å². The van der Waals surface area contributed by atoms with Gasteiger partial charge in [-0.15, -0.1) is 35.3 Å². The van der Waals surface area contributed by atoms with Crippen LogP contribution in [0.4, 0.5) is 10.5 Å². The number of benzene rings is 1. The van der Waals surface area contributed by atoms with E-state index in [9.17, 15) is 4.79 Å². The molecule has 1 fully saturated rings. The van der Waals surface area contributed by atoms with Crippen molar-refractivity contribution in [3.8, 4) is 0 Å². The number of carbonyl (C=O) groups excluding carboxylic acids is 1. The Labute approximate surface area is 200 Å². The van der Waals surface area contributed by atoms with E-state index in [0.717, 1.165) is 56.1 Å². The molecule has 2 amide bonds. The molecule has 164 valence electrons. The summed E-state index contributed by atoms with van der Waals surface area (Å²) in [5.74, 6) is 1.31. The van der Waals surface area contributed by atoms with Crippen molar-refractivity contribution in [3.63, 3.8) is 0 Å². The van der Waals surface area contributed by atoms with E-state index in [0.29, 0.717) is 12.5 Å². The van der Waals surface area contributed by atoms with Gasteiger partial charge in [-0.1, -0.05) is 25.1 Å². The normalized spacial score (nSPS) is 14.7. The lowest BCUT2D eigenvalue weighted by molar-refractivity contribution is 0.222. The minimum absolute atomic E-state index is 0. The molecular formula is C22H32IN5OS. The molecule has 1 atom stereocenters. The van der Waals surface area contributed by atoms with Crippen LogP contribution < -0.4 is 16.0 Å². The van der Waals surface area contributed by atoms with E-state index in [-0.39, 0.29) is 30.0 Å². The van der Waals surface area contributed by atoms with Gasteiger partial charge in [0.1, 0.15) is 0 Å². The van der Waals surface area contributed by atoms with Gasteiger partial charge >= 0.3 is 6.03 Å². The second kappa shape index (κ2) is 12.8. The Kier molecular flexibility index (Phi) is 10.4. The van der Waals surface area contributed by atoms with Crippen molar-refractivity contribution >= 4 is 53.0 Å². The van der Waals surface area contributed by atoms with Crippen LogP contribution in [0.3, 0.4) is 0 Å². The summed E-state index contributed by atoms with van der Waals surface area (Å²) in [6, 6.07) is 12.2. The summed E-state index contributed by atoms with van der Waals surface area (Å²) in [5.41, 5.74) is 1.92. The second-order valence-corrected chi connectivity index (χ2v) is 8.55. The van der Waals surface area contributed by atoms with Crippen LogP contribution in [0.15, 0.2) is 46.8 Å². The van der Waals surface area contributed by atoms with Gasteiger partial charge in [-0.25, -0.2) is 4.79 Å². The molecule has 3 rings (SSSR count). The molecule has 30 heavy (non-hydrogen) atoms. The number of anilines is 1. The molecule has 3 N–H and O–H groups in total. The van der Waals surface area contributed by atoms with Crippen LogP contribution in [0.1, 0.15) is 30.2 Å². The molecule has 1 aromatic carbocycles. The number of hydrogen-bond donors (Lipinski definition) is 3. The van der Waals surface area contributed by atoms with Crippen molar-refractivity contribution in [3.05, 3.63) is 52.2 Å². The van der Waals surface area contributed by atoms with Crippen LogP contribution >= 0.6 is 35.3 Å². The van der Waals surface area contributed by atoms with Gasteiger partial charge in [-0.2, -0.15) is 0 Å². The van der Waals surface area contributed by atoms with Gasteiger partial charge in [0.05, 0.1) is 0 Å². The van der Waals surface area contributed by atoms with E-state index in [4.69, 9.17) is 0 Å². The average Bonchev–Trinajstić information content (AvgIpc) is 3.42. The number of urea groups is 1. The lowest BCUT2D eigenvalue weighted by Crippen LogP contribution is -2.39. The third-order valence-corrected chi connectivity index (χ3v) is 5.90. The predicted octanol–water partition coefficient (Wildman–Crippen LogP) is 4.54. The maximum atomic E-state index is 12.3. The number of halogens is 1. The van der Waals surface area contributed by atoms with Crippen molar-refractivity contribution < 1.29 is 4.79 Å². The van der Waals surface area contributed by atoms with Crippen LogP contribution in [0.25, 0.3) is 0 Å². The van der Waals surface area contributed by atoms with Gasteiger partial charge in [0.15, 0.2) is 5.96 Å². The van der Waals surface area contributed by atoms with Gasteiger partial charge in [0.25, 0.3) is 0 Å². The first-order valence-corrected chi connectivity index (χ1v) is 11.1. The fourth-order valence-corrected chi connectivity index (χ4v) is 4.27. The Morgan fingerprint density at radius 3 is 2.70 bits per heavy atom. The Morgan fingerprint density at radius 2 is 2.00 bits per heavy atom. The maximum Gasteiger partial charge on any atom is 0.321 e. The van der Waals surface area contributed by atoms with Gasteiger partial charge in [-0.3, -0.25) is 4.99 Å². The summed E-state index contributed by atoms with van der Waals surface area (Å²) in [7, 11) is 1.78. The van der Waals surface area contributed by atoms with Crippen molar-refractivity contribution in [1.29, 1.82) is 0 Å². The van der Waals surface area contributed by atoms with Crippen LogP contribution in [0.2, 0.25) is 0 Å². The Bertz CT molecular complexity index is 806. The number of aliphatic imine (C=N–C) groups is 1. The van der Waals surface area contributed by atoms with Crippen LogP contribution in [0, 0.1) is 5.92 Å². The second-order valence-electron chi connectivity index (χ2n) is 7.52. The highest BCUT2D eigenvalue weighted by Gasteiger charge is 2.17. The molecule has 0 bridgehead atoms. The maximum absolute atomic E-state index is 12.3. The van der Waals surface area contributed by atoms with Crippen molar-refractivity contribution in [2.45, 2.75) is 32.7 Å². The van der Waals surface area contributed by atoms with Crippen LogP contribution in [-0.4, -0.2) is 43.6 Å². The molecule has 1 aliphatic heterocycles. The largest absolute Gasteiger partial charge is 0.356 e. The van der Waals surface area contributed by atoms with E-state index in [1.54, 1.807) is 18.4 Å². The minimum atomic E-state index is -0.00943. The van der Waals surface area contributed by atoms with Gasteiger partial charge in [0, 0.05) is 43.8 Å². The summed E-state index contributed by atoms with van der Waals surface area (Å²) in [6.07, 6.45) is 3.26. The number of hydrogen-bond acceptors (Lipinski definition) is 3. The molecular weight excluding hydrogens is 509 g/mol. The van der Waals surface area contributed by atoms with E-state index in [1.807, 2.05) is 29.2 Å². The molecule has 6 nitrogen and oxygen atoms in total. The summed E-state index contributed by atoms with van der Waals surface area (Å²) in [5, 5.41) is 11.9. The Balaban J connectivity index is 0.00000320. The fourth-order valence-electron chi connectivity index (χ4n) is 3.40. The molecule has 0 radical (unpaired) electrons. The lowest BCUT2D eigenvalue weighted by atomic mass is 10.1. The molecule has 0 spiro atoms. The molecule has 0 saturated carbocycles. The van der Waals surface area contributed by atoms with E-state index in [2.05, 4.69) is 45.4 Å². The Morgan fingerprint density at radius 1 is 1.20 bits per heavy atom. The first-order valence-electron chi connectivity index (χ1n) is 10.3. The van der Waals surface area contributed by atoms with Crippen molar-refractivity contribution in [1.82, 2.24) is 15.5 Å². The van der Waals surface area contributed by atoms with E-state index >= 15 is 0 Å². The number of nitrogens with zero attached hydrogens (tertiary/aromatic N) is 2. The third kappa shape index (κ3) is 7.79. The standard InChI is InChI=1S/C22H31N5OS.HI/c1-17(13-20-9-6-12-29-20)15-24-21(23-2)25-16-18-7-5-8-19(14-18)26-22(28)27-10-3-4-11-27;/h5-9,12,14,17H,3-4,10-11,13,15-16H2,1-2H3,(H,26,28)(H2,23,24,25);1H. The monoisotopic (exact) mass is 541 g/mol. The van der Waals surface area contributed by atoms with Gasteiger partial charge < -0.3 is 20.9 Å². The molecule has 1 unspecified atom stereocenters. The zero-order valence-electron chi connectivity index (χ0n) is 17.7. The third-order valence-electron chi connectivity index (χ3n) is 5.00. The molecule has 1 aliphatic rings. The lowest BCUT2D eigenvalue weighted by Gasteiger charge is -2.17. The molecule has 8 heteroatoms. The number of amides is 2. The number of carbonyl (C=O) groups is 1. The minimum Gasteiger partial charge on any atom is -0.356 e. The molecule has 2 heterocycles. The fraction of sp³-hybridized carbons (Fsp3) is 0.455. The summed E-state index contributed by atoms with van der Waals surface area (Å²) in [4.78, 5) is 19.9. The van der Waals surface area contributed by atoms with Gasteiger partial charge in [-0.05, 0) is 54.3 Å². The zero-order valence-corrected chi connectivity index (χ0v) is 20.8. The topological polar surface area (TPSA) is 68.8 Å². The quantitative estimate of drug-likeness (QED) is 0.274. The number of rotatable bonds is 7. The zero-order chi connectivity index (χ0) is 20.5. The molecule has 0 aliphatic carbocycles. The van der Waals surface area contributed by atoms with E-state index in [1.165, 1.54) is 4.88 Å². The highest BCUT2D eigenvalue weighted by Crippen LogP contribution is 2.15. The van der Waals surface area contributed by atoms with Crippen LogP contribution in [0.5, 0.6) is 0 Å². The van der Waals surface area contributed by atoms with Gasteiger partial charge in [0.2, 0.25) is 0 Å². The SMILES string of the molecule is CN=C(NCc1cccc(NC(=O)N2CCCC2)c1)NCC(C)Cc1cccs1.I. The first kappa shape index (κ1) is 24.5. The Hall–Kier alpha value is -1.81. The smallest absolute Gasteiger partial charge is 0.321 e. The summed E-state index contributed by atoms with van der Waals surface area (Å²) >= 11 is 1.81. The van der Waals surface area contributed by atoms with Crippen LogP contribution in [-0.2, 0) is 13.0 Å². The number of thiophene rings is 1. The predicted molar refractivity (Wildman–Crippen MR) is 137 cm³/mol. The molecule has 1 aromatic heterocycles. The number of nitrogens with one attached hydrogen (secondary N) is 3. The average molecular weight is 542 g/mol. The highest BCUT2D eigenvalue weighted by atomic mass is 127. The highest BCUT2D eigenvalue weighted by molar-refractivity contribution is 14.0. The van der Waals surface area contributed by atoms with Crippen molar-refractivity contribution in [2.75, 3.05) is 32.0 Å². The summed E-state index contributed by atoms with van der Waals surface area (Å²) < 4.78 is 0. The first-order chi connectivity index (χ1) is 14.1. The number of likely N-dealkylation sites (tertiary alicyclic amines) is 1. The molecule has 2 aromatic rings. The summed E-state index contributed by atoms with van der Waals surface area (Å²) in [6.45, 7) is 5.45. The number of guanidine groups is 1.